The van der Waals surface area contributed by atoms with Gasteiger partial charge < -0.3 is 8.98 Å². The maximum atomic E-state index is 9.05. The second-order valence-corrected chi connectivity index (χ2v) is 6.02. The monoisotopic (exact) mass is 280 g/mol. The van der Waals surface area contributed by atoms with Gasteiger partial charge in [-0.3, -0.25) is 0 Å². The summed E-state index contributed by atoms with van der Waals surface area (Å²) in [5, 5.41) is 9.05. The summed E-state index contributed by atoms with van der Waals surface area (Å²) in [4.78, 5) is 8.82. The summed E-state index contributed by atoms with van der Waals surface area (Å²) in [6, 6.07) is 7.69. The zero-order chi connectivity index (χ0) is 15.2. The molecule has 1 aromatic carbocycles. The predicted octanol–water partition coefficient (Wildman–Crippen LogP) is 3.63. The Morgan fingerprint density at radius 1 is 1.29 bits per heavy atom. The van der Waals surface area contributed by atoms with Gasteiger partial charge in [0.05, 0.1) is 28.4 Å². The normalized spacial score (nSPS) is 11.8. The first kappa shape index (κ1) is 13.4. The second-order valence-electron chi connectivity index (χ2n) is 6.02. The van der Waals surface area contributed by atoms with Crippen molar-refractivity contribution in [3.63, 3.8) is 0 Å². The number of fused-ring (bicyclic) bond motifs is 1. The Morgan fingerprint density at radius 2 is 2.05 bits per heavy atom. The molecule has 0 radical (unpaired) electrons. The van der Waals surface area contributed by atoms with Crippen LogP contribution in [0.2, 0.25) is 0 Å². The fraction of sp³-hybridized carbons (Fsp3) is 0.312. The van der Waals surface area contributed by atoms with E-state index < -0.39 is 0 Å². The van der Waals surface area contributed by atoms with E-state index in [2.05, 4.69) is 41.4 Å². The Labute approximate surface area is 122 Å². The SMILES string of the molecule is Cc1ncoc1-c1nc2cc(C#N)ccc2n1C(C)(C)C. The molecule has 5 nitrogen and oxygen atoms in total. The van der Waals surface area contributed by atoms with Crippen LogP contribution in [0.3, 0.4) is 0 Å². The van der Waals surface area contributed by atoms with Crippen molar-refractivity contribution >= 4 is 11.0 Å². The summed E-state index contributed by atoms with van der Waals surface area (Å²) in [6.45, 7) is 8.23. The molecule has 0 N–H and O–H groups in total. The first-order valence-electron chi connectivity index (χ1n) is 6.75. The Hall–Kier alpha value is -2.61. The Balaban J connectivity index is 2.39. The Bertz CT molecular complexity index is 859. The molecule has 0 aliphatic rings. The van der Waals surface area contributed by atoms with Crippen LogP contribution in [-0.4, -0.2) is 14.5 Å². The molecule has 0 saturated carbocycles. The van der Waals surface area contributed by atoms with Gasteiger partial charge in [-0.25, -0.2) is 9.97 Å². The van der Waals surface area contributed by atoms with Gasteiger partial charge in [-0.15, -0.1) is 0 Å². The van der Waals surface area contributed by atoms with Crippen molar-refractivity contribution in [1.29, 1.82) is 5.26 Å². The molecule has 0 aliphatic carbocycles. The van der Waals surface area contributed by atoms with Crippen LogP contribution in [0.5, 0.6) is 0 Å². The molecule has 0 bridgehead atoms. The Kier molecular flexibility index (Phi) is 2.84. The van der Waals surface area contributed by atoms with Crippen LogP contribution >= 0.6 is 0 Å². The van der Waals surface area contributed by atoms with E-state index in [0.29, 0.717) is 11.3 Å². The number of rotatable bonds is 1. The maximum Gasteiger partial charge on any atom is 0.192 e. The van der Waals surface area contributed by atoms with Crippen LogP contribution in [0.4, 0.5) is 0 Å². The maximum absolute atomic E-state index is 9.05. The number of aryl methyl sites for hydroxylation is 1. The zero-order valence-electron chi connectivity index (χ0n) is 12.5. The van der Waals surface area contributed by atoms with Crippen LogP contribution in [0, 0.1) is 18.3 Å². The lowest BCUT2D eigenvalue weighted by atomic mass is 10.1. The van der Waals surface area contributed by atoms with Gasteiger partial charge in [0.2, 0.25) is 0 Å². The molecule has 0 fully saturated rings. The van der Waals surface area contributed by atoms with Gasteiger partial charge in [-0.05, 0) is 45.9 Å². The lowest BCUT2D eigenvalue weighted by Gasteiger charge is -2.24. The molecule has 3 rings (SSSR count). The number of imidazole rings is 1. The third-order valence-corrected chi connectivity index (χ3v) is 3.40. The minimum absolute atomic E-state index is 0.169. The smallest absolute Gasteiger partial charge is 0.192 e. The van der Waals surface area contributed by atoms with Gasteiger partial charge in [-0.2, -0.15) is 5.26 Å². The molecule has 106 valence electrons. The average Bonchev–Trinajstić information content (AvgIpc) is 2.99. The molecule has 0 unspecified atom stereocenters. The van der Waals surface area contributed by atoms with Crippen LogP contribution in [0.1, 0.15) is 32.0 Å². The van der Waals surface area contributed by atoms with E-state index in [9.17, 15) is 0 Å². The Morgan fingerprint density at radius 3 is 2.62 bits per heavy atom. The van der Waals surface area contributed by atoms with E-state index >= 15 is 0 Å². The van der Waals surface area contributed by atoms with Crippen molar-refractivity contribution in [2.24, 2.45) is 0 Å². The lowest BCUT2D eigenvalue weighted by Crippen LogP contribution is -2.22. The molecule has 0 spiro atoms. The fourth-order valence-electron chi connectivity index (χ4n) is 2.50. The highest BCUT2D eigenvalue weighted by molar-refractivity contribution is 5.81. The van der Waals surface area contributed by atoms with Crippen molar-refractivity contribution in [2.75, 3.05) is 0 Å². The summed E-state index contributed by atoms with van der Waals surface area (Å²) in [6.07, 6.45) is 1.43. The first-order valence-corrected chi connectivity index (χ1v) is 6.75. The van der Waals surface area contributed by atoms with Gasteiger partial charge in [0.1, 0.15) is 0 Å². The number of nitriles is 1. The van der Waals surface area contributed by atoms with E-state index in [1.54, 1.807) is 6.07 Å². The first-order chi connectivity index (χ1) is 9.91. The van der Waals surface area contributed by atoms with Gasteiger partial charge in [0, 0.05) is 5.54 Å². The fourth-order valence-corrected chi connectivity index (χ4v) is 2.50. The number of hydrogen-bond acceptors (Lipinski definition) is 4. The number of nitrogens with zero attached hydrogens (tertiary/aromatic N) is 4. The van der Waals surface area contributed by atoms with Crippen molar-refractivity contribution in [2.45, 2.75) is 33.2 Å². The highest BCUT2D eigenvalue weighted by atomic mass is 16.3. The minimum atomic E-state index is -0.169. The molecule has 0 atom stereocenters. The van der Waals surface area contributed by atoms with E-state index in [4.69, 9.17) is 9.68 Å². The third kappa shape index (κ3) is 2.09. The zero-order valence-corrected chi connectivity index (χ0v) is 12.5. The van der Waals surface area contributed by atoms with E-state index in [1.807, 2.05) is 19.1 Å². The topological polar surface area (TPSA) is 67.6 Å². The largest absolute Gasteiger partial charge is 0.440 e. The molecule has 5 heteroatoms. The highest BCUT2D eigenvalue weighted by Crippen LogP contribution is 2.32. The molecule has 21 heavy (non-hydrogen) atoms. The molecular weight excluding hydrogens is 264 g/mol. The molecule has 0 saturated heterocycles. The lowest BCUT2D eigenvalue weighted by molar-refractivity contribution is 0.407. The highest BCUT2D eigenvalue weighted by Gasteiger charge is 2.25. The molecular formula is C16H16N4O. The predicted molar refractivity (Wildman–Crippen MR) is 79.7 cm³/mol. The van der Waals surface area contributed by atoms with Crippen LogP contribution in [-0.2, 0) is 5.54 Å². The van der Waals surface area contributed by atoms with Crippen molar-refractivity contribution in [3.05, 3.63) is 35.9 Å². The number of aromatic nitrogens is 3. The van der Waals surface area contributed by atoms with Crippen LogP contribution in [0.25, 0.3) is 22.6 Å². The summed E-state index contributed by atoms with van der Waals surface area (Å²) in [7, 11) is 0. The van der Waals surface area contributed by atoms with Crippen molar-refractivity contribution < 1.29 is 4.42 Å². The van der Waals surface area contributed by atoms with E-state index in [0.717, 1.165) is 22.6 Å². The van der Waals surface area contributed by atoms with Crippen molar-refractivity contribution in [3.8, 4) is 17.7 Å². The summed E-state index contributed by atoms with van der Waals surface area (Å²) in [5.74, 6) is 1.40. The summed E-state index contributed by atoms with van der Waals surface area (Å²) in [5.41, 5.74) is 3.00. The van der Waals surface area contributed by atoms with Gasteiger partial charge >= 0.3 is 0 Å². The summed E-state index contributed by atoms with van der Waals surface area (Å²) < 4.78 is 7.63. The molecule has 3 aromatic rings. The van der Waals surface area contributed by atoms with E-state index in [1.165, 1.54) is 6.39 Å². The molecule has 0 aliphatic heterocycles. The molecule has 2 aromatic heterocycles. The standard InChI is InChI=1S/C16H16N4O/c1-10-14(21-9-18-10)15-19-12-7-11(8-17)5-6-13(12)20(15)16(2,3)4/h5-7,9H,1-4H3. The van der Waals surface area contributed by atoms with Gasteiger partial charge in [0.15, 0.2) is 18.0 Å². The number of benzene rings is 1. The van der Waals surface area contributed by atoms with Crippen molar-refractivity contribution in [1.82, 2.24) is 14.5 Å². The number of oxazole rings is 1. The average molecular weight is 280 g/mol. The summed E-state index contributed by atoms with van der Waals surface area (Å²) >= 11 is 0. The number of hydrogen-bond donors (Lipinski definition) is 0. The third-order valence-electron chi connectivity index (χ3n) is 3.40. The minimum Gasteiger partial charge on any atom is -0.440 e. The van der Waals surface area contributed by atoms with Gasteiger partial charge in [0.25, 0.3) is 0 Å². The second kappa shape index (κ2) is 4.45. The van der Waals surface area contributed by atoms with Gasteiger partial charge in [-0.1, -0.05) is 0 Å². The quantitative estimate of drug-likeness (QED) is 0.682. The molecule has 0 amide bonds. The molecule has 2 heterocycles. The van der Waals surface area contributed by atoms with Crippen LogP contribution in [0.15, 0.2) is 29.0 Å². The van der Waals surface area contributed by atoms with E-state index in [-0.39, 0.29) is 5.54 Å². The van der Waals surface area contributed by atoms with Crippen LogP contribution < -0.4 is 0 Å².